The van der Waals surface area contributed by atoms with E-state index in [-0.39, 0.29) is 4.90 Å². The first-order chi connectivity index (χ1) is 9.95. The van der Waals surface area contributed by atoms with E-state index in [1.54, 1.807) is 24.3 Å². The van der Waals surface area contributed by atoms with E-state index >= 15 is 0 Å². The van der Waals surface area contributed by atoms with Gasteiger partial charge in [0.1, 0.15) is 6.10 Å². The molecular weight excluding hydrogens is 284 g/mol. The first kappa shape index (κ1) is 14.3. The van der Waals surface area contributed by atoms with Crippen molar-refractivity contribution in [2.45, 2.75) is 30.3 Å². The lowest BCUT2D eigenvalue weighted by Crippen LogP contribution is -2.02. The minimum absolute atomic E-state index is 0.271. The maximum absolute atomic E-state index is 11.4. The van der Waals surface area contributed by atoms with Gasteiger partial charge in [0.2, 0.25) is 0 Å². The molecule has 0 heterocycles. The first-order valence-corrected chi connectivity index (χ1v) is 8.94. The van der Waals surface area contributed by atoms with Gasteiger partial charge in [-0.1, -0.05) is 30.3 Å². The summed E-state index contributed by atoms with van der Waals surface area (Å²) in [6.07, 6.45) is 3.83. The largest absolute Gasteiger partial charge is 0.384 e. The number of hydrogen-bond acceptors (Lipinski definition) is 3. The van der Waals surface area contributed by atoms with Gasteiger partial charge in [0, 0.05) is 6.26 Å². The smallest absolute Gasteiger partial charge is 0.175 e. The first-order valence-electron chi connectivity index (χ1n) is 7.05. The van der Waals surface area contributed by atoms with E-state index in [9.17, 15) is 13.5 Å². The van der Waals surface area contributed by atoms with Crippen LogP contribution in [-0.2, 0) is 22.7 Å². The molecule has 0 spiro atoms. The molecule has 0 bridgehead atoms. The molecule has 1 unspecified atom stereocenters. The molecule has 2 aromatic rings. The van der Waals surface area contributed by atoms with Crippen LogP contribution in [-0.4, -0.2) is 19.8 Å². The van der Waals surface area contributed by atoms with Crippen LogP contribution in [0.4, 0.5) is 0 Å². The van der Waals surface area contributed by atoms with Crippen LogP contribution in [0.5, 0.6) is 0 Å². The Balaban J connectivity index is 1.90. The van der Waals surface area contributed by atoms with Crippen molar-refractivity contribution in [2.75, 3.05) is 6.26 Å². The summed E-state index contributed by atoms with van der Waals surface area (Å²) in [6.45, 7) is 0. The monoisotopic (exact) mass is 302 g/mol. The molecule has 1 aliphatic rings. The van der Waals surface area contributed by atoms with E-state index in [1.807, 2.05) is 6.07 Å². The number of aliphatic hydroxyl groups is 1. The highest BCUT2D eigenvalue weighted by Gasteiger charge is 2.16. The van der Waals surface area contributed by atoms with Gasteiger partial charge >= 0.3 is 0 Å². The molecule has 1 N–H and O–H groups in total. The van der Waals surface area contributed by atoms with E-state index in [0.29, 0.717) is 5.56 Å². The highest BCUT2D eigenvalue weighted by Crippen LogP contribution is 2.28. The topological polar surface area (TPSA) is 54.4 Å². The summed E-state index contributed by atoms with van der Waals surface area (Å²) >= 11 is 0. The summed E-state index contributed by atoms with van der Waals surface area (Å²) in [7, 11) is -3.20. The molecule has 0 aromatic heterocycles. The molecule has 0 fully saturated rings. The molecular formula is C17H18O3S. The van der Waals surface area contributed by atoms with E-state index in [1.165, 1.54) is 23.8 Å². The summed E-state index contributed by atoms with van der Waals surface area (Å²) in [5, 5.41) is 10.5. The number of sulfone groups is 1. The molecule has 0 saturated heterocycles. The maximum atomic E-state index is 11.4. The minimum atomic E-state index is -3.20. The number of hydrogen-bond donors (Lipinski definition) is 1. The fraction of sp³-hybridized carbons (Fsp3) is 0.294. The second-order valence-corrected chi connectivity index (χ2v) is 7.64. The highest BCUT2D eigenvalue weighted by atomic mass is 32.2. The molecule has 21 heavy (non-hydrogen) atoms. The van der Waals surface area contributed by atoms with Crippen molar-refractivity contribution < 1.29 is 13.5 Å². The zero-order chi connectivity index (χ0) is 15.0. The predicted octanol–water partition coefficient (Wildman–Crippen LogP) is 2.66. The number of benzene rings is 2. The van der Waals surface area contributed by atoms with Crippen molar-refractivity contribution in [3.05, 3.63) is 64.7 Å². The molecule has 2 aromatic carbocycles. The normalized spacial score (nSPS) is 15.7. The Hall–Kier alpha value is -1.65. The number of aliphatic hydroxyl groups excluding tert-OH is 1. The van der Waals surface area contributed by atoms with E-state index in [2.05, 4.69) is 12.1 Å². The van der Waals surface area contributed by atoms with E-state index < -0.39 is 15.9 Å². The van der Waals surface area contributed by atoms with E-state index in [4.69, 9.17) is 0 Å². The zero-order valence-electron chi connectivity index (χ0n) is 11.9. The highest BCUT2D eigenvalue weighted by molar-refractivity contribution is 7.90. The van der Waals surface area contributed by atoms with Crippen LogP contribution in [0.15, 0.2) is 47.4 Å². The Morgan fingerprint density at radius 1 is 0.952 bits per heavy atom. The van der Waals surface area contributed by atoms with Gasteiger partial charge in [0.25, 0.3) is 0 Å². The predicted molar refractivity (Wildman–Crippen MR) is 82.1 cm³/mol. The van der Waals surface area contributed by atoms with Gasteiger partial charge in [-0.05, 0) is 53.6 Å². The standard InChI is InChI=1S/C17H18O3S/c1-21(19,20)16-9-7-13(8-10-16)17(18)15-6-5-12-3-2-4-14(12)11-15/h5-11,17-18H,2-4H2,1H3. The molecule has 4 heteroatoms. The third kappa shape index (κ3) is 2.87. The van der Waals surface area contributed by atoms with Crippen molar-refractivity contribution in [1.82, 2.24) is 0 Å². The average molecular weight is 302 g/mol. The third-order valence-electron chi connectivity index (χ3n) is 4.06. The summed E-state index contributed by atoms with van der Waals surface area (Å²) < 4.78 is 22.9. The Morgan fingerprint density at radius 3 is 2.24 bits per heavy atom. The average Bonchev–Trinajstić information content (AvgIpc) is 2.93. The molecule has 0 saturated carbocycles. The van der Waals surface area contributed by atoms with Crippen LogP contribution in [0.1, 0.15) is 34.8 Å². The quantitative estimate of drug-likeness (QED) is 0.948. The maximum Gasteiger partial charge on any atom is 0.175 e. The third-order valence-corrected chi connectivity index (χ3v) is 5.19. The Bertz CT molecular complexity index is 761. The van der Waals surface area contributed by atoms with Crippen molar-refractivity contribution in [2.24, 2.45) is 0 Å². The van der Waals surface area contributed by atoms with Gasteiger partial charge in [-0.25, -0.2) is 8.42 Å². The zero-order valence-corrected chi connectivity index (χ0v) is 12.7. The van der Waals surface area contributed by atoms with Crippen LogP contribution in [0.25, 0.3) is 0 Å². The molecule has 1 atom stereocenters. The molecule has 1 aliphatic carbocycles. The lowest BCUT2D eigenvalue weighted by Gasteiger charge is -2.13. The Morgan fingerprint density at radius 2 is 1.57 bits per heavy atom. The lowest BCUT2D eigenvalue weighted by atomic mass is 9.98. The van der Waals surface area contributed by atoms with Gasteiger partial charge < -0.3 is 5.11 Å². The Kier molecular flexibility index (Phi) is 3.59. The van der Waals surface area contributed by atoms with Gasteiger partial charge in [0.15, 0.2) is 9.84 Å². The SMILES string of the molecule is CS(=O)(=O)c1ccc(C(O)c2ccc3c(c2)CCC3)cc1. The second kappa shape index (κ2) is 5.28. The van der Waals surface area contributed by atoms with Crippen molar-refractivity contribution in [1.29, 1.82) is 0 Å². The van der Waals surface area contributed by atoms with Crippen LogP contribution >= 0.6 is 0 Å². The van der Waals surface area contributed by atoms with Crippen LogP contribution in [0, 0.1) is 0 Å². The summed E-state index contributed by atoms with van der Waals surface area (Å²) in [6, 6.07) is 12.5. The fourth-order valence-corrected chi connectivity index (χ4v) is 3.48. The fourth-order valence-electron chi connectivity index (χ4n) is 2.85. The Labute approximate surface area is 125 Å². The van der Waals surface area contributed by atoms with Gasteiger partial charge in [-0.3, -0.25) is 0 Å². The van der Waals surface area contributed by atoms with Crippen molar-refractivity contribution in [3.8, 4) is 0 Å². The van der Waals surface area contributed by atoms with Crippen LogP contribution < -0.4 is 0 Å². The van der Waals surface area contributed by atoms with Gasteiger partial charge in [0.05, 0.1) is 4.90 Å². The molecule has 3 rings (SSSR count). The summed E-state index contributed by atoms with van der Waals surface area (Å²) in [4.78, 5) is 0.271. The van der Waals surface area contributed by atoms with E-state index in [0.717, 1.165) is 18.4 Å². The molecule has 110 valence electrons. The van der Waals surface area contributed by atoms with Crippen molar-refractivity contribution in [3.63, 3.8) is 0 Å². The number of fused-ring (bicyclic) bond motifs is 1. The summed E-state index contributed by atoms with van der Waals surface area (Å²) in [5.41, 5.74) is 4.26. The molecule has 0 radical (unpaired) electrons. The second-order valence-electron chi connectivity index (χ2n) is 5.63. The summed E-state index contributed by atoms with van der Waals surface area (Å²) in [5.74, 6) is 0. The van der Waals surface area contributed by atoms with Crippen LogP contribution in [0.3, 0.4) is 0 Å². The number of rotatable bonds is 3. The van der Waals surface area contributed by atoms with Crippen molar-refractivity contribution >= 4 is 9.84 Å². The molecule has 0 amide bonds. The molecule has 3 nitrogen and oxygen atoms in total. The molecule has 0 aliphatic heterocycles. The van der Waals surface area contributed by atoms with Gasteiger partial charge in [-0.2, -0.15) is 0 Å². The lowest BCUT2D eigenvalue weighted by molar-refractivity contribution is 0.220. The van der Waals surface area contributed by atoms with Crippen LogP contribution in [0.2, 0.25) is 0 Å². The minimum Gasteiger partial charge on any atom is -0.384 e. The number of aryl methyl sites for hydroxylation is 2. The van der Waals surface area contributed by atoms with Gasteiger partial charge in [-0.15, -0.1) is 0 Å².